The van der Waals surface area contributed by atoms with Crippen LogP contribution < -0.4 is 5.73 Å². The van der Waals surface area contributed by atoms with Crippen molar-refractivity contribution in [2.75, 3.05) is 5.73 Å². The summed E-state index contributed by atoms with van der Waals surface area (Å²) in [6, 6.07) is 1.70. The summed E-state index contributed by atoms with van der Waals surface area (Å²) in [6.07, 6.45) is 1.99. The SMILES string of the molecule is Cc1ccnc(N)c1C(C)(O)C=O. The zero-order valence-corrected chi connectivity index (χ0v) is 7.61. The van der Waals surface area contributed by atoms with Crippen LogP contribution in [0, 0.1) is 6.92 Å². The molecule has 3 N–H and O–H groups in total. The summed E-state index contributed by atoms with van der Waals surface area (Å²) in [4.78, 5) is 14.4. The van der Waals surface area contributed by atoms with E-state index in [2.05, 4.69) is 4.98 Å². The van der Waals surface area contributed by atoms with E-state index < -0.39 is 5.60 Å². The number of anilines is 1. The zero-order chi connectivity index (χ0) is 10.1. The molecule has 1 aromatic heterocycles. The van der Waals surface area contributed by atoms with Crippen molar-refractivity contribution in [1.82, 2.24) is 4.98 Å². The van der Waals surface area contributed by atoms with Gasteiger partial charge in [0, 0.05) is 11.8 Å². The van der Waals surface area contributed by atoms with Gasteiger partial charge in [-0.1, -0.05) is 0 Å². The molecule has 0 fully saturated rings. The minimum absolute atomic E-state index is 0.192. The van der Waals surface area contributed by atoms with E-state index in [9.17, 15) is 9.90 Å². The van der Waals surface area contributed by atoms with Crippen molar-refractivity contribution in [3.63, 3.8) is 0 Å². The predicted octanol–water partition coefficient (Wildman–Crippen LogP) is 0.379. The Kier molecular flexibility index (Phi) is 2.34. The minimum Gasteiger partial charge on any atom is -0.383 e. The van der Waals surface area contributed by atoms with Gasteiger partial charge < -0.3 is 10.8 Å². The first-order chi connectivity index (χ1) is 5.99. The topological polar surface area (TPSA) is 76.2 Å². The summed E-state index contributed by atoms with van der Waals surface area (Å²) < 4.78 is 0. The first kappa shape index (κ1) is 9.67. The van der Waals surface area contributed by atoms with Gasteiger partial charge in [0.15, 0.2) is 6.29 Å². The number of hydrogen-bond donors (Lipinski definition) is 2. The Balaban J connectivity index is 3.36. The van der Waals surface area contributed by atoms with Crippen molar-refractivity contribution in [1.29, 1.82) is 0 Å². The molecule has 1 unspecified atom stereocenters. The Morgan fingerprint density at radius 1 is 1.69 bits per heavy atom. The Labute approximate surface area is 76.4 Å². The molecule has 0 bridgehead atoms. The molecule has 0 saturated carbocycles. The normalized spacial score (nSPS) is 15.0. The number of nitrogen functional groups attached to an aromatic ring is 1. The Morgan fingerprint density at radius 3 is 2.77 bits per heavy atom. The molecule has 4 nitrogen and oxygen atoms in total. The number of carbonyl (C=O) groups is 1. The number of aryl methyl sites for hydroxylation is 1. The summed E-state index contributed by atoms with van der Waals surface area (Å²) in [5, 5.41) is 9.67. The highest BCUT2D eigenvalue weighted by molar-refractivity contribution is 5.69. The molecule has 0 aromatic carbocycles. The second kappa shape index (κ2) is 3.14. The van der Waals surface area contributed by atoms with Gasteiger partial charge in [-0.2, -0.15) is 0 Å². The summed E-state index contributed by atoms with van der Waals surface area (Å²) in [7, 11) is 0. The summed E-state index contributed by atoms with van der Waals surface area (Å²) in [5.74, 6) is 0.192. The fourth-order valence-electron chi connectivity index (χ4n) is 1.30. The van der Waals surface area contributed by atoms with Crippen LogP contribution in [0.4, 0.5) is 5.82 Å². The second-order valence-corrected chi connectivity index (χ2v) is 3.15. The van der Waals surface area contributed by atoms with Crippen molar-refractivity contribution in [3.05, 3.63) is 23.4 Å². The van der Waals surface area contributed by atoms with Crippen LogP contribution in [0.3, 0.4) is 0 Å². The van der Waals surface area contributed by atoms with Crippen LogP contribution in [-0.4, -0.2) is 16.4 Å². The van der Waals surface area contributed by atoms with E-state index in [0.717, 1.165) is 5.56 Å². The number of carbonyl (C=O) groups excluding carboxylic acids is 1. The number of nitrogens with two attached hydrogens (primary N) is 1. The maximum Gasteiger partial charge on any atom is 0.156 e. The molecule has 0 aliphatic rings. The fraction of sp³-hybridized carbons (Fsp3) is 0.333. The van der Waals surface area contributed by atoms with Crippen LogP contribution >= 0.6 is 0 Å². The van der Waals surface area contributed by atoms with Crippen LogP contribution in [0.1, 0.15) is 18.1 Å². The Hall–Kier alpha value is -1.42. The fourth-order valence-corrected chi connectivity index (χ4v) is 1.30. The van der Waals surface area contributed by atoms with E-state index in [-0.39, 0.29) is 5.82 Å². The highest BCUT2D eigenvalue weighted by Gasteiger charge is 2.26. The van der Waals surface area contributed by atoms with Gasteiger partial charge >= 0.3 is 0 Å². The van der Waals surface area contributed by atoms with E-state index in [1.807, 2.05) is 0 Å². The summed E-state index contributed by atoms with van der Waals surface area (Å²) in [5.41, 5.74) is 5.13. The smallest absolute Gasteiger partial charge is 0.156 e. The standard InChI is InChI=1S/C9H12N2O2/c1-6-3-4-11-8(10)7(6)9(2,13)5-12/h3-5,13H,1-2H3,(H2,10,11). The molecule has 0 radical (unpaired) electrons. The lowest BCUT2D eigenvalue weighted by molar-refractivity contribution is -0.123. The van der Waals surface area contributed by atoms with Gasteiger partial charge in [0.2, 0.25) is 0 Å². The van der Waals surface area contributed by atoms with Gasteiger partial charge in [-0.05, 0) is 25.5 Å². The van der Waals surface area contributed by atoms with E-state index >= 15 is 0 Å². The van der Waals surface area contributed by atoms with Gasteiger partial charge in [0.25, 0.3) is 0 Å². The average molecular weight is 180 g/mol. The molecule has 1 rings (SSSR count). The monoisotopic (exact) mass is 180 g/mol. The number of aliphatic hydroxyl groups is 1. The maximum absolute atomic E-state index is 10.6. The van der Waals surface area contributed by atoms with Crippen molar-refractivity contribution in [2.24, 2.45) is 0 Å². The van der Waals surface area contributed by atoms with E-state index in [1.165, 1.54) is 13.1 Å². The molecular formula is C9H12N2O2. The number of pyridine rings is 1. The third-order valence-corrected chi connectivity index (χ3v) is 1.92. The second-order valence-electron chi connectivity index (χ2n) is 3.15. The van der Waals surface area contributed by atoms with Gasteiger partial charge in [0.1, 0.15) is 11.4 Å². The van der Waals surface area contributed by atoms with Gasteiger partial charge in [0.05, 0.1) is 0 Å². The Bertz CT molecular complexity index is 314. The lowest BCUT2D eigenvalue weighted by atomic mass is 9.94. The third kappa shape index (κ3) is 1.67. The van der Waals surface area contributed by atoms with Crippen LogP contribution in [-0.2, 0) is 10.4 Å². The molecule has 0 amide bonds. The zero-order valence-electron chi connectivity index (χ0n) is 7.61. The Morgan fingerprint density at radius 2 is 2.31 bits per heavy atom. The third-order valence-electron chi connectivity index (χ3n) is 1.92. The predicted molar refractivity (Wildman–Crippen MR) is 49.0 cm³/mol. The lowest BCUT2D eigenvalue weighted by Crippen LogP contribution is -2.26. The molecule has 1 aromatic rings. The molecule has 0 aliphatic heterocycles. The largest absolute Gasteiger partial charge is 0.383 e. The lowest BCUT2D eigenvalue weighted by Gasteiger charge is -2.19. The molecule has 13 heavy (non-hydrogen) atoms. The molecule has 0 saturated heterocycles. The van der Waals surface area contributed by atoms with Gasteiger partial charge in [-0.25, -0.2) is 4.98 Å². The van der Waals surface area contributed by atoms with Crippen LogP contribution in [0.5, 0.6) is 0 Å². The quantitative estimate of drug-likeness (QED) is 0.645. The molecule has 1 heterocycles. The minimum atomic E-state index is -1.55. The van der Waals surface area contributed by atoms with Crippen molar-refractivity contribution >= 4 is 12.1 Å². The average Bonchev–Trinajstić information content (AvgIpc) is 2.03. The van der Waals surface area contributed by atoms with Crippen LogP contribution in [0.2, 0.25) is 0 Å². The van der Waals surface area contributed by atoms with Crippen molar-refractivity contribution in [2.45, 2.75) is 19.4 Å². The van der Waals surface area contributed by atoms with E-state index in [0.29, 0.717) is 11.8 Å². The van der Waals surface area contributed by atoms with Crippen molar-refractivity contribution < 1.29 is 9.90 Å². The number of aldehydes is 1. The molecule has 1 atom stereocenters. The van der Waals surface area contributed by atoms with E-state index in [1.54, 1.807) is 13.0 Å². The number of aromatic nitrogens is 1. The highest BCUT2D eigenvalue weighted by atomic mass is 16.3. The molecule has 4 heteroatoms. The van der Waals surface area contributed by atoms with Crippen molar-refractivity contribution in [3.8, 4) is 0 Å². The van der Waals surface area contributed by atoms with Gasteiger partial charge in [-0.15, -0.1) is 0 Å². The number of hydrogen-bond acceptors (Lipinski definition) is 4. The number of rotatable bonds is 2. The first-order valence-electron chi connectivity index (χ1n) is 3.89. The molecule has 0 spiro atoms. The summed E-state index contributed by atoms with van der Waals surface area (Å²) in [6.45, 7) is 3.16. The van der Waals surface area contributed by atoms with E-state index in [4.69, 9.17) is 5.73 Å². The molecule has 70 valence electrons. The highest BCUT2D eigenvalue weighted by Crippen LogP contribution is 2.25. The molecule has 0 aliphatic carbocycles. The molecular weight excluding hydrogens is 168 g/mol. The maximum atomic E-state index is 10.6. The number of nitrogens with zero attached hydrogens (tertiary/aromatic N) is 1. The first-order valence-corrected chi connectivity index (χ1v) is 3.89. The summed E-state index contributed by atoms with van der Waals surface area (Å²) >= 11 is 0. The van der Waals surface area contributed by atoms with Crippen LogP contribution in [0.25, 0.3) is 0 Å². The van der Waals surface area contributed by atoms with Crippen LogP contribution in [0.15, 0.2) is 12.3 Å². The van der Waals surface area contributed by atoms with Gasteiger partial charge in [-0.3, -0.25) is 4.79 Å².